The largest absolute Gasteiger partial charge is 0.285 e. The van der Waals surface area contributed by atoms with E-state index in [1.54, 1.807) is 0 Å². The number of hydrogen-bond acceptors (Lipinski definition) is 1. The van der Waals surface area contributed by atoms with Crippen LogP contribution in [0.25, 0.3) is 0 Å². The molecule has 0 amide bonds. The van der Waals surface area contributed by atoms with Crippen LogP contribution in [-0.2, 0) is 11.8 Å². The maximum atomic E-state index is 6.04. The minimum Gasteiger partial charge on any atom is -0.285 e. The van der Waals surface area contributed by atoms with Gasteiger partial charge in [-0.25, -0.2) is 0 Å². The van der Waals surface area contributed by atoms with Crippen LogP contribution in [0.1, 0.15) is 66.7 Å². The van der Waals surface area contributed by atoms with E-state index in [2.05, 4.69) is 39.7 Å². The smallest absolute Gasteiger partial charge is 0.0202 e. The molecular formula is C13H28NPS. The fourth-order valence-corrected chi connectivity index (χ4v) is 6.10. The van der Waals surface area contributed by atoms with Crippen molar-refractivity contribution in [2.75, 3.05) is 0 Å². The number of hydrogen-bond donors (Lipinski definition) is 1. The van der Waals surface area contributed by atoms with E-state index < -0.39 is 6.19 Å². The fourth-order valence-electron chi connectivity index (χ4n) is 2.62. The Balaban J connectivity index is 2.75. The summed E-state index contributed by atoms with van der Waals surface area (Å²) in [5, 5.41) is 4.14. The van der Waals surface area contributed by atoms with Crippen molar-refractivity contribution in [3.05, 3.63) is 0 Å². The summed E-state index contributed by atoms with van der Waals surface area (Å²) >= 11 is 6.04. The van der Waals surface area contributed by atoms with Crippen LogP contribution in [0, 0.1) is 0 Å². The van der Waals surface area contributed by atoms with Crippen LogP contribution in [0.4, 0.5) is 0 Å². The van der Waals surface area contributed by atoms with E-state index in [9.17, 15) is 0 Å². The molecule has 1 atom stereocenters. The zero-order valence-corrected chi connectivity index (χ0v) is 13.3. The number of nitrogens with one attached hydrogen (secondary N) is 1. The zero-order chi connectivity index (χ0) is 12.4. The summed E-state index contributed by atoms with van der Waals surface area (Å²) in [6.45, 7) is 11.5. The van der Waals surface area contributed by atoms with E-state index in [0.29, 0.717) is 11.7 Å². The SMILES string of the molecule is CC(C)P(=S)(NC1CCCCC1)C(C)(C)C. The van der Waals surface area contributed by atoms with E-state index >= 15 is 0 Å². The van der Waals surface area contributed by atoms with Crippen molar-refractivity contribution < 1.29 is 0 Å². The molecule has 0 aromatic rings. The lowest BCUT2D eigenvalue weighted by Crippen LogP contribution is -2.37. The topological polar surface area (TPSA) is 12.0 Å². The van der Waals surface area contributed by atoms with E-state index in [-0.39, 0.29) is 5.16 Å². The molecule has 0 radical (unpaired) electrons. The Hall–Kier alpha value is 0.610. The summed E-state index contributed by atoms with van der Waals surface area (Å²) in [6.07, 6.45) is 5.39. The molecule has 0 aromatic heterocycles. The molecular weight excluding hydrogens is 233 g/mol. The second kappa shape index (κ2) is 5.50. The molecule has 1 rings (SSSR count). The molecule has 96 valence electrons. The van der Waals surface area contributed by atoms with E-state index in [1.807, 2.05) is 0 Å². The van der Waals surface area contributed by atoms with Crippen LogP contribution in [-0.4, -0.2) is 16.9 Å². The average molecular weight is 261 g/mol. The van der Waals surface area contributed by atoms with Crippen LogP contribution in [0.5, 0.6) is 0 Å². The molecule has 0 aliphatic heterocycles. The van der Waals surface area contributed by atoms with E-state index in [1.165, 1.54) is 32.1 Å². The standard InChI is InChI=1S/C13H28NPS/c1-11(2)15(16,13(3,4)5)14-12-9-7-6-8-10-12/h11-12H,6-10H2,1-5H3,(H,14,16). The molecule has 0 saturated heterocycles. The Kier molecular flexibility index (Phi) is 5.04. The average Bonchev–Trinajstić information content (AvgIpc) is 2.17. The molecule has 1 fully saturated rings. The monoisotopic (exact) mass is 261 g/mol. The lowest BCUT2D eigenvalue weighted by Gasteiger charge is -2.42. The van der Waals surface area contributed by atoms with Crippen molar-refractivity contribution in [2.24, 2.45) is 0 Å². The van der Waals surface area contributed by atoms with Crippen molar-refractivity contribution in [1.82, 2.24) is 5.09 Å². The van der Waals surface area contributed by atoms with Gasteiger partial charge in [-0.1, -0.05) is 65.7 Å². The highest BCUT2D eigenvalue weighted by molar-refractivity contribution is 8.14. The van der Waals surface area contributed by atoms with Gasteiger partial charge in [0, 0.05) is 17.4 Å². The molecule has 1 aliphatic rings. The summed E-state index contributed by atoms with van der Waals surface area (Å²) in [5.74, 6) is 0. The van der Waals surface area contributed by atoms with Crippen molar-refractivity contribution in [3.8, 4) is 0 Å². The summed E-state index contributed by atoms with van der Waals surface area (Å²) in [6, 6.07) is 0.696. The molecule has 0 bridgehead atoms. The quantitative estimate of drug-likeness (QED) is 0.750. The Morgan fingerprint density at radius 2 is 1.62 bits per heavy atom. The van der Waals surface area contributed by atoms with Crippen LogP contribution >= 0.6 is 6.19 Å². The van der Waals surface area contributed by atoms with Gasteiger partial charge in [0.25, 0.3) is 0 Å². The van der Waals surface area contributed by atoms with Crippen LogP contribution < -0.4 is 5.09 Å². The van der Waals surface area contributed by atoms with Gasteiger partial charge in [0.2, 0.25) is 0 Å². The molecule has 1 saturated carbocycles. The predicted molar refractivity (Wildman–Crippen MR) is 79.2 cm³/mol. The van der Waals surface area contributed by atoms with Crippen molar-refractivity contribution >= 4 is 18.0 Å². The molecule has 0 aromatic carbocycles. The molecule has 3 heteroatoms. The van der Waals surface area contributed by atoms with Crippen LogP contribution in [0.2, 0.25) is 0 Å². The van der Waals surface area contributed by atoms with Crippen molar-refractivity contribution in [1.29, 1.82) is 0 Å². The van der Waals surface area contributed by atoms with Gasteiger partial charge in [0.15, 0.2) is 0 Å². The lowest BCUT2D eigenvalue weighted by molar-refractivity contribution is 0.417. The van der Waals surface area contributed by atoms with Crippen molar-refractivity contribution in [2.45, 2.75) is 83.6 Å². The van der Waals surface area contributed by atoms with Gasteiger partial charge in [-0.2, -0.15) is 0 Å². The third-order valence-corrected chi connectivity index (χ3v) is 11.1. The third-order valence-electron chi connectivity index (χ3n) is 3.70. The fraction of sp³-hybridized carbons (Fsp3) is 1.00. The maximum absolute atomic E-state index is 6.04. The Morgan fingerprint density at radius 1 is 1.12 bits per heavy atom. The number of rotatable bonds is 3. The summed E-state index contributed by atoms with van der Waals surface area (Å²) < 4.78 is 0. The van der Waals surface area contributed by atoms with Crippen molar-refractivity contribution in [3.63, 3.8) is 0 Å². The minimum atomic E-state index is -1.46. The minimum absolute atomic E-state index is 0.244. The highest BCUT2D eigenvalue weighted by atomic mass is 32.4. The van der Waals surface area contributed by atoms with Gasteiger partial charge in [-0.3, -0.25) is 5.09 Å². The zero-order valence-electron chi connectivity index (χ0n) is 11.5. The Morgan fingerprint density at radius 3 is 2.00 bits per heavy atom. The Bertz CT molecular complexity index is 262. The predicted octanol–water partition coefficient (Wildman–Crippen LogP) is 4.51. The molecule has 1 N–H and O–H groups in total. The second-order valence-electron chi connectivity index (χ2n) is 6.39. The molecule has 0 heterocycles. The van der Waals surface area contributed by atoms with Gasteiger partial charge >= 0.3 is 0 Å². The second-order valence-corrected chi connectivity index (χ2v) is 12.1. The lowest BCUT2D eigenvalue weighted by atomic mass is 9.96. The molecule has 1 nitrogen and oxygen atoms in total. The highest BCUT2D eigenvalue weighted by Crippen LogP contribution is 2.59. The summed E-state index contributed by atoms with van der Waals surface area (Å²) in [4.78, 5) is 0. The van der Waals surface area contributed by atoms with Gasteiger partial charge < -0.3 is 0 Å². The highest BCUT2D eigenvalue weighted by Gasteiger charge is 2.36. The molecule has 16 heavy (non-hydrogen) atoms. The van der Waals surface area contributed by atoms with Gasteiger partial charge in [0.1, 0.15) is 0 Å². The first-order valence-electron chi connectivity index (χ1n) is 6.65. The Labute approximate surface area is 107 Å². The van der Waals surface area contributed by atoms with Crippen LogP contribution in [0.3, 0.4) is 0 Å². The summed E-state index contributed by atoms with van der Waals surface area (Å²) in [7, 11) is 0. The van der Waals surface area contributed by atoms with Gasteiger partial charge in [-0.05, 0) is 18.5 Å². The molecule has 1 aliphatic carbocycles. The molecule has 1 unspecified atom stereocenters. The van der Waals surface area contributed by atoms with E-state index in [4.69, 9.17) is 11.8 Å². The first-order valence-corrected chi connectivity index (χ1v) is 9.52. The van der Waals surface area contributed by atoms with E-state index in [0.717, 1.165) is 0 Å². The molecule has 0 spiro atoms. The first-order chi connectivity index (χ1) is 7.27. The first kappa shape index (κ1) is 14.7. The summed E-state index contributed by atoms with van der Waals surface area (Å²) in [5.41, 5.74) is 0.601. The maximum Gasteiger partial charge on any atom is 0.0202 e. The normalized spacial score (nSPS) is 23.4. The third kappa shape index (κ3) is 3.31. The van der Waals surface area contributed by atoms with Gasteiger partial charge in [0.05, 0.1) is 0 Å². The van der Waals surface area contributed by atoms with Gasteiger partial charge in [-0.15, -0.1) is 0 Å². The van der Waals surface area contributed by atoms with Crippen LogP contribution in [0.15, 0.2) is 0 Å².